The Hall–Kier alpha value is -2.76. The smallest absolute Gasteiger partial charge is 0.417 e. The van der Waals surface area contributed by atoms with E-state index in [4.69, 9.17) is 34.7 Å². The Morgan fingerprint density at radius 2 is 1.71 bits per heavy atom. The molecule has 1 aliphatic heterocycles. The number of benzene rings is 1. The van der Waals surface area contributed by atoms with Crippen molar-refractivity contribution in [2.75, 3.05) is 0 Å². The topological polar surface area (TPSA) is 127 Å². The molecular weight excluding hydrogens is 510 g/mol. The van der Waals surface area contributed by atoms with E-state index < -0.39 is 56.5 Å². The monoisotopic (exact) mass is 533 g/mol. The molecule has 1 aromatic carbocycles. The second-order valence-corrected chi connectivity index (χ2v) is 10.7. The summed E-state index contributed by atoms with van der Waals surface area (Å²) in [4.78, 5) is 25.3. The summed E-state index contributed by atoms with van der Waals surface area (Å²) in [5.41, 5.74) is 7.23. The number of alkyl halides is 5. The lowest BCUT2D eigenvalue weighted by molar-refractivity contribution is -0.137. The molecule has 13 heteroatoms. The molecule has 35 heavy (non-hydrogen) atoms. The Kier molecular flexibility index (Phi) is 6.46. The number of hydrogen-bond donors (Lipinski definition) is 3. The van der Waals surface area contributed by atoms with Crippen LogP contribution in [0.15, 0.2) is 42.1 Å². The summed E-state index contributed by atoms with van der Waals surface area (Å²) in [6, 6.07) is 3.14. The van der Waals surface area contributed by atoms with Crippen LogP contribution in [0.2, 0.25) is 0 Å². The van der Waals surface area contributed by atoms with Gasteiger partial charge in [-0.1, -0.05) is 62.2 Å². The molecule has 2 heterocycles. The van der Waals surface area contributed by atoms with Crippen LogP contribution in [-0.2, 0) is 11.8 Å². The molecule has 3 rings (SSSR count). The summed E-state index contributed by atoms with van der Waals surface area (Å²) in [5, 5.41) is 13.3. The van der Waals surface area contributed by atoms with E-state index in [0.717, 1.165) is 21.7 Å². The van der Waals surface area contributed by atoms with Crippen molar-refractivity contribution in [1.82, 2.24) is 14.7 Å². The fraction of sp³-hybridized carbons (Fsp3) is 0.409. The predicted molar refractivity (Wildman–Crippen MR) is 124 cm³/mol. The molecule has 8 nitrogen and oxygen atoms in total. The minimum Gasteiger partial charge on any atom is -0.476 e. The van der Waals surface area contributed by atoms with E-state index in [1.165, 1.54) is 31.3 Å². The molecule has 1 aromatic heterocycles. The van der Waals surface area contributed by atoms with Crippen molar-refractivity contribution in [3.05, 3.63) is 58.9 Å². The van der Waals surface area contributed by atoms with Gasteiger partial charge >= 0.3 is 18.2 Å². The summed E-state index contributed by atoms with van der Waals surface area (Å²) in [7, 11) is 0. The average Bonchev–Trinajstić information content (AvgIpc) is 3.21. The fourth-order valence-electron chi connectivity index (χ4n) is 4.45. The second-order valence-electron chi connectivity index (χ2n) is 9.34. The number of carboxylic acid groups (broad SMARTS) is 1. The molecule has 0 radical (unpaired) electrons. The van der Waals surface area contributed by atoms with Crippen molar-refractivity contribution in [2.45, 2.75) is 49.9 Å². The zero-order chi connectivity index (χ0) is 26.7. The van der Waals surface area contributed by atoms with Crippen LogP contribution in [0.5, 0.6) is 0 Å². The van der Waals surface area contributed by atoms with Crippen molar-refractivity contribution < 1.29 is 27.9 Å². The lowest BCUT2D eigenvalue weighted by atomic mass is 9.73. The van der Waals surface area contributed by atoms with Crippen molar-refractivity contribution in [3.8, 4) is 0 Å². The summed E-state index contributed by atoms with van der Waals surface area (Å²) in [6.07, 6.45) is -3.60. The number of rotatable bonds is 3. The largest absolute Gasteiger partial charge is 0.476 e. The van der Waals surface area contributed by atoms with Gasteiger partial charge in [0.1, 0.15) is 0 Å². The first kappa shape index (κ1) is 26.8. The lowest BCUT2D eigenvalue weighted by Crippen LogP contribution is -2.70. The molecule has 0 saturated carbocycles. The molecule has 0 aliphatic carbocycles. The molecule has 0 bridgehead atoms. The van der Waals surface area contributed by atoms with E-state index in [2.05, 4.69) is 5.10 Å². The molecule has 2 unspecified atom stereocenters. The predicted octanol–water partition coefficient (Wildman–Crippen LogP) is 4.63. The summed E-state index contributed by atoms with van der Waals surface area (Å²) in [6.45, 7) is 6.31. The molecule has 0 spiro atoms. The number of halogens is 5. The fourth-order valence-corrected chi connectivity index (χ4v) is 5.61. The number of hydrogen-bond acceptors (Lipinski definition) is 4. The minimum absolute atomic E-state index is 0.0272. The highest BCUT2D eigenvalue weighted by atomic mass is 35.5. The van der Waals surface area contributed by atoms with Crippen LogP contribution < -0.4 is 11.5 Å². The van der Waals surface area contributed by atoms with Crippen molar-refractivity contribution >= 4 is 40.9 Å². The van der Waals surface area contributed by atoms with Crippen LogP contribution in [0.1, 0.15) is 49.3 Å². The number of primary amides is 1. The third kappa shape index (κ3) is 4.25. The van der Waals surface area contributed by atoms with Gasteiger partial charge < -0.3 is 16.6 Å². The number of nitrogens with two attached hydrogens (primary N) is 2. The quantitative estimate of drug-likeness (QED) is 0.495. The first-order chi connectivity index (χ1) is 15.9. The van der Waals surface area contributed by atoms with E-state index in [1.54, 1.807) is 20.8 Å². The van der Waals surface area contributed by atoms with Crippen molar-refractivity contribution in [1.29, 1.82) is 0 Å². The normalized spacial score (nSPS) is 22.9. The van der Waals surface area contributed by atoms with Gasteiger partial charge in [0.2, 0.25) is 0 Å². The van der Waals surface area contributed by atoms with E-state index in [9.17, 15) is 27.9 Å². The Labute approximate surface area is 209 Å². The molecular formula is C22H24Cl2F3N5O3. The van der Waals surface area contributed by atoms with Gasteiger partial charge in [-0.2, -0.15) is 18.3 Å². The third-order valence-corrected chi connectivity index (χ3v) is 6.80. The SMILES string of the molecule is CC(C)(C)C1=C(c2ccccc2C(F)(F)F)N(C(N)=O)C(C)(n2ccc(C(=O)O)n2)C(N)C1(Cl)Cl. The molecule has 5 N–H and O–H groups in total. The molecule has 2 atom stereocenters. The van der Waals surface area contributed by atoms with Gasteiger partial charge in [-0.25, -0.2) is 14.3 Å². The Balaban J connectivity index is 2.54. The average molecular weight is 534 g/mol. The highest BCUT2D eigenvalue weighted by Gasteiger charge is 2.61. The van der Waals surface area contributed by atoms with Gasteiger partial charge in [0, 0.05) is 11.8 Å². The molecule has 1 aliphatic rings. The van der Waals surface area contributed by atoms with Crippen LogP contribution in [0.3, 0.4) is 0 Å². The van der Waals surface area contributed by atoms with E-state index in [-0.39, 0.29) is 11.3 Å². The number of carboxylic acids is 1. The molecule has 190 valence electrons. The third-order valence-electron chi connectivity index (χ3n) is 5.96. The summed E-state index contributed by atoms with van der Waals surface area (Å²) in [5.74, 6) is -1.38. The number of aromatic nitrogens is 2. The van der Waals surface area contributed by atoms with Gasteiger partial charge in [-0.15, -0.1) is 0 Å². The van der Waals surface area contributed by atoms with Crippen LogP contribution in [0.25, 0.3) is 5.70 Å². The van der Waals surface area contributed by atoms with Crippen molar-refractivity contribution in [2.24, 2.45) is 16.9 Å². The Bertz CT molecular complexity index is 1220. The van der Waals surface area contributed by atoms with E-state index >= 15 is 0 Å². The van der Waals surface area contributed by atoms with Gasteiger partial charge in [0.05, 0.1) is 17.3 Å². The van der Waals surface area contributed by atoms with Gasteiger partial charge in [0.25, 0.3) is 0 Å². The lowest BCUT2D eigenvalue weighted by Gasteiger charge is -2.55. The second kappa shape index (κ2) is 8.42. The number of carbonyl (C=O) groups excluding carboxylic acids is 1. The molecule has 2 aromatic rings. The zero-order valence-electron chi connectivity index (χ0n) is 19.2. The standard InChI is InChI=1S/C22H24Cl2F3N5O3/c1-19(2,3)15-14(11-7-5-6-8-12(11)22(25,26)27)32(18(29)35)20(4,17(28)21(15,23)24)31-10-9-13(30-31)16(33)34/h5-10,17H,28H2,1-4H3,(H2,29,35)(H,33,34). The van der Waals surface area contributed by atoms with Crippen LogP contribution in [-0.4, -0.2) is 42.2 Å². The summed E-state index contributed by atoms with van der Waals surface area (Å²) < 4.78 is 41.3. The molecule has 0 saturated heterocycles. The summed E-state index contributed by atoms with van der Waals surface area (Å²) >= 11 is 13.6. The maximum Gasteiger partial charge on any atom is 0.417 e. The first-order valence-electron chi connectivity index (χ1n) is 10.3. The highest BCUT2D eigenvalue weighted by Crippen LogP contribution is 2.57. The first-order valence-corrected chi connectivity index (χ1v) is 11.1. The number of nitrogens with zero attached hydrogens (tertiary/aromatic N) is 3. The minimum atomic E-state index is -4.81. The van der Waals surface area contributed by atoms with E-state index in [0.29, 0.717) is 0 Å². The van der Waals surface area contributed by atoms with Gasteiger partial charge in [-0.05, 0) is 30.0 Å². The van der Waals surface area contributed by atoms with E-state index in [1.807, 2.05) is 0 Å². The maximum atomic E-state index is 14.1. The van der Waals surface area contributed by atoms with Crippen LogP contribution >= 0.6 is 23.2 Å². The number of urea groups is 1. The van der Waals surface area contributed by atoms with Crippen LogP contribution in [0, 0.1) is 5.41 Å². The zero-order valence-corrected chi connectivity index (χ0v) is 20.7. The molecule has 2 amide bonds. The van der Waals surface area contributed by atoms with Crippen LogP contribution in [0.4, 0.5) is 18.0 Å². The number of amides is 2. The highest BCUT2D eigenvalue weighted by molar-refractivity contribution is 6.51. The number of carbonyl (C=O) groups is 2. The Morgan fingerprint density at radius 1 is 1.14 bits per heavy atom. The maximum absolute atomic E-state index is 14.1. The van der Waals surface area contributed by atoms with Gasteiger partial charge in [-0.3, -0.25) is 4.90 Å². The van der Waals surface area contributed by atoms with Crippen molar-refractivity contribution in [3.63, 3.8) is 0 Å². The Morgan fingerprint density at radius 3 is 2.17 bits per heavy atom. The van der Waals surface area contributed by atoms with Gasteiger partial charge in [0.15, 0.2) is 15.7 Å². The molecule has 0 fully saturated rings. The number of aromatic carboxylic acids is 1.